The monoisotopic (exact) mass is 557 g/mol. The maximum atomic E-state index is 13.6. The first-order valence-electron chi connectivity index (χ1n) is 11.3. The third kappa shape index (κ3) is 6.49. The third-order valence-corrected chi connectivity index (χ3v) is 6.31. The fraction of sp³-hybridized carbons (Fsp3) is 0.231. The van der Waals surface area contributed by atoms with Gasteiger partial charge in [0.25, 0.3) is 11.8 Å². The number of benzene rings is 1. The summed E-state index contributed by atoms with van der Waals surface area (Å²) < 4.78 is 7.12. The van der Waals surface area contributed by atoms with Gasteiger partial charge in [-0.3, -0.25) is 9.59 Å². The van der Waals surface area contributed by atoms with E-state index in [0.717, 1.165) is 0 Å². The summed E-state index contributed by atoms with van der Waals surface area (Å²) in [6.45, 7) is 8.25. The van der Waals surface area contributed by atoms with Crippen LogP contribution in [0.2, 0.25) is 10.0 Å². The minimum atomic E-state index is -0.537. The van der Waals surface area contributed by atoms with Gasteiger partial charge in [-0.25, -0.2) is 9.67 Å². The molecular formula is C26H25Cl2N5O3S. The summed E-state index contributed by atoms with van der Waals surface area (Å²) >= 11 is 14.1. The summed E-state index contributed by atoms with van der Waals surface area (Å²) in [4.78, 5) is 31.0. The standard InChI is InChI=1S/C26H25Cl2N5O3S/c1-15-10-16(27)11-18(24(34)30-14-26(2,3)4)22(15)31-25(35)20-12-21(36-17-7-9-37-13-17)32-33(20)23-19(28)6-5-8-29-23/h5-13H,14H2,1-4H3,(H,30,34)(H,31,35). The molecule has 4 rings (SSSR count). The van der Waals surface area contributed by atoms with Crippen LogP contribution in [-0.2, 0) is 0 Å². The van der Waals surface area contributed by atoms with Crippen LogP contribution < -0.4 is 15.4 Å². The number of nitrogens with zero attached hydrogens (tertiary/aromatic N) is 3. The van der Waals surface area contributed by atoms with E-state index < -0.39 is 5.91 Å². The molecule has 2 amide bonds. The van der Waals surface area contributed by atoms with E-state index in [2.05, 4.69) is 20.7 Å². The van der Waals surface area contributed by atoms with Crippen molar-refractivity contribution in [2.45, 2.75) is 27.7 Å². The van der Waals surface area contributed by atoms with Gasteiger partial charge in [0.2, 0.25) is 5.88 Å². The van der Waals surface area contributed by atoms with Crippen molar-refractivity contribution in [3.63, 3.8) is 0 Å². The molecule has 11 heteroatoms. The number of hydrogen-bond acceptors (Lipinski definition) is 6. The van der Waals surface area contributed by atoms with E-state index in [0.29, 0.717) is 33.6 Å². The quantitative estimate of drug-likeness (QED) is 0.261. The van der Waals surface area contributed by atoms with Gasteiger partial charge in [0.05, 0.1) is 16.3 Å². The minimum absolute atomic E-state index is 0.112. The van der Waals surface area contributed by atoms with Crippen LogP contribution in [0.25, 0.3) is 5.82 Å². The van der Waals surface area contributed by atoms with Crippen LogP contribution in [0.4, 0.5) is 5.69 Å². The number of pyridine rings is 1. The molecule has 0 saturated heterocycles. The van der Waals surface area contributed by atoms with E-state index in [1.54, 1.807) is 37.4 Å². The molecule has 37 heavy (non-hydrogen) atoms. The summed E-state index contributed by atoms with van der Waals surface area (Å²) in [5.41, 5.74) is 1.19. The summed E-state index contributed by atoms with van der Waals surface area (Å²) in [6.07, 6.45) is 1.55. The molecule has 1 aromatic carbocycles. The number of carbonyl (C=O) groups excluding carboxylic acids is 2. The Hall–Kier alpha value is -3.40. The van der Waals surface area contributed by atoms with Crippen molar-refractivity contribution in [3.8, 4) is 17.4 Å². The number of carbonyl (C=O) groups is 2. The van der Waals surface area contributed by atoms with E-state index in [-0.39, 0.29) is 34.3 Å². The van der Waals surface area contributed by atoms with Crippen molar-refractivity contribution in [1.82, 2.24) is 20.1 Å². The highest BCUT2D eigenvalue weighted by molar-refractivity contribution is 7.08. The Morgan fingerprint density at radius 3 is 2.59 bits per heavy atom. The van der Waals surface area contributed by atoms with Gasteiger partial charge in [0.1, 0.15) is 11.4 Å². The van der Waals surface area contributed by atoms with Crippen LogP contribution in [0.1, 0.15) is 47.2 Å². The first-order chi connectivity index (χ1) is 17.5. The van der Waals surface area contributed by atoms with E-state index in [4.69, 9.17) is 27.9 Å². The Labute approximate surface area is 228 Å². The molecule has 0 aliphatic heterocycles. The number of aromatic nitrogens is 3. The summed E-state index contributed by atoms with van der Waals surface area (Å²) in [7, 11) is 0. The number of rotatable bonds is 7. The molecule has 8 nitrogen and oxygen atoms in total. The first kappa shape index (κ1) is 26.7. The predicted octanol–water partition coefficient (Wildman–Crippen LogP) is 6.76. The minimum Gasteiger partial charge on any atom is -0.437 e. The summed E-state index contributed by atoms with van der Waals surface area (Å²) in [6, 6.07) is 9.81. The zero-order valence-electron chi connectivity index (χ0n) is 20.6. The maximum Gasteiger partial charge on any atom is 0.274 e. The first-order valence-corrected chi connectivity index (χ1v) is 13.0. The molecule has 3 aromatic heterocycles. The average Bonchev–Trinajstić information content (AvgIpc) is 3.49. The van der Waals surface area contributed by atoms with E-state index in [1.807, 2.05) is 31.5 Å². The molecule has 0 unspecified atom stereocenters. The molecular weight excluding hydrogens is 533 g/mol. The molecule has 4 aromatic rings. The van der Waals surface area contributed by atoms with Crippen molar-refractivity contribution in [3.05, 3.63) is 80.2 Å². The number of halogens is 2. The topological polar surface area (TPSA) is 98.1 Å². The fourth-order valence-electron chi connectivity index (χ4n) is 3.40. The van der Waals surface area contributed by atoms with Crippen molar-refractivity contribution in [2.75, 3.05) is 11.9 Å². The van der Waals surface area contributed by atoms with Crippen LogP contribution in [0.5, 0.6) is 11.6 Å². The summed E-state index contributed by atoms with van der Waals surface area (Å²) in [5.74, 6) is 0.134. The van der Waals surface area contributed by atoms with Gasteiger partial charge in [0, 0.05) is 29.2 Å². The second-order valence-corrected chi connectivity index (χ2v) is 11.1. The van der Waals surface area contributed by atoms with Gasteiger partial charge < -0.3 is 15.4 Å². The second-order valence-electron chi connectivity index (χ2n) is 9.49. The molecule has 0 bridgehead atoms. The van der Waals surface area contributed by atoms with Gasteiger partial charge in [-0.1, -0.05) is 44.0 Å². The zero-order chi connectivity index (χ0) is 26.7. The van der Waals surface area contributed by atoms with Crippen LogP contribution in [0.15, 0.2) is 53.4 Å². The van der Waals surface area contributed by atoms with Crippen molar-refractivity contribution >= 4 is 52.0 Å². The lowest BCUT2D eigenvalue weighted by Gasteiger charge is -2.20. The average molecular weight is 558 g/mol. The number of hydrogen-bond donors (Lipinski definition) is 2. The Morgan fingerprint density at radius 2 is 1.92 bits per heavy atom. The maximum absolute atomic E-state index is 13.6. The van der Waals surface area contributed by atoms with Gasteiger partial charge in [0.15, 0.2) is 5.82 Å². The van der Waals surface area contributed by atoms with E-state index in [1.165, 1.54) is 28.2 Å². The zero-order valence-corrected chi connectivity index (χ0v) is 23.0. The molecule has 3 heterocycles. The van der Waals surface area contributed by atoms with Crippen LogP contribution in [-0.4, -0.2) is 33.1 Å². The number of anilines is 1. The molecule has 0 aliphatic rings. The molecule has 0 aliphatic carbocycles. The highest BCUT2D eigenvalue weighted by atomic mass is 35.5. The predicted molar refractivity (Wildman–Crippen MR) is 147 cm³/mol. The highest BCUT2D eigenvalue weighted by Crippen LogP contribution is 2.29. The molecule has 0 radical (unpaired) electrons. The van der Waals surface area contributed by atoms with Gasteiger partial charge in [-0.05, 0) is 53.6 Å². The normalized spacial score (nSPS) is 11.3. The number of amides is 2. The lowest BCUT2D eigenvalue weighted by Crippen LogP contribution is -2.33. The Balaban J connectivity index is 1.71. The molecule has 2 N–H and O–H groups in total. The highest BCUT2D eigenvalue weighted by Gasteiger charge is 2.24. The molecule has 0 atom stereocenters. The van der Waals surface area contributed by atoms with Crippen LogP contribution in [0, 0.1) is 12.3 Å². The smallest absolute Gasteiger partial charge is 0.274 e. The lowest BCUT2D eigenvalue weighted by molar-refractivity contribution is 0.0940. The molecule has 192 valence electrons. The number of ether oxygens (including phenoxy) is 1. The van der Waals surface area contributed by atoms with E-state index >= 15 is 0 Å². The van der Waals surface area contributed by atoms with Crippen LogP contribution >= 0.6 is 34.5 Å². The van der Waals surface area contributed by atoms with Gasteiger partial charge >= 0.3 is 0 Å². The second kappa shape index (κ2) is 10.9. The Morgan fingerprint density at radius 1 is 1.14 bits per heavy atom. The van der Waals surface area contributed by atoms with Crippen molar-refractivity contribution in [1.29, 1.82) is 0 Å². The van der Waals surface area contributed by atoms with Crippen molar-refractivity contribution in [2.24, 2.45) is 5.41 Å². The van der Waals surface area contributed by atoms with E-state index in [9.17, 15) is 9.59 Å². The van der Waals surface area contributed by atoms with Gasteiger partial charge in [-0.15, -0.1) is 16.4 Å². The number of thiophene rings is 1. The van der Waals surface area contributed by atoms with Crippen LogP contribution in [0.3, 0.4) is 0 Å². The Bertz CT molecular complexity index is 1450. The lowest BCUT2D eigenvalue weighted by atomic mass is 9.96. The Kier molecular flexibility index (Phi) is 7.87. The summed E-state index contributed by atoms with van der Waals surface area (Å²) in [5, 5.41) is 14.5. The number of aryl methyl sites for hydroxylation is 1. The van der Waals surface area contributed by atoms with Crippen molar-refractivity contribution < 1.29 is 14.3 Å². The van der Waals surface area contributed by atoms with Gasteiger partial charge in [-0.2, -0.15) is 0 Å². The SMILES string of the molecule is Cc1cc(Cl)cc(C(=O)NCC(C)(C)C)c1NC(=O)c1cc(Oc2ccsc2)nn1-c1ncccc1Cl. The molecule has 0 spiro atoms. The number of nitrogens with one attached hydrogen (secondary N) is 2. The molecule has 0 saturated carbocycles. The third-order valence-electron chi connectivity index (χ3n) is 5.14. The largest absolute Gasteiger partial charge is 0.437 e. The molecule has 0 fully saturated rings. The fourth-order valence-corrected chi connectivity index (χ4v) is 4.43.